The van der Waals surface area contributed by atoms with Crippen molar-refractivity contribution in [1.29, 1.82) is 0 Å². The monoisotopic (exact) mass is 485 g/mol. The van der Waals surface area contributed by atoms with Crippen LogP contribution in [0.15, 0.2) is 0 Å². The Bertz CT molecular complexity index is 483. The van der Waals surface area contributed by atoms with Crippen molar-refractivity contribution in [3.8, 4) is 0 Å². The van der Waals surface area contributed by atoms with Crippen molar-refractivity contribution in [2.45, 2.75) is 142 Å². The van der Waals surface area contributed by atoms with E-state index in [1.54, 1.807) is 0 Å². The lowest BCUT2D eigenvalue weighted by molar-refractivity contribution is -0.150. The molecule has 0 saturated carbocycles. The summed E-state index contributed by atoms with van der Waals surface area (Å²) in [6.07, 6.45) is 18.0. The second kappa shape index (κ2) is 23.6. The Morgan fingerprint density at radius 2 is 1.18 bits per heavy atom. The number of hydrogen-bond acceptors (Lipinski definition) is 6. The molecule has 0 aromatic heterocycles. The summed E-state index contributed by atoms with van der Waals surface area (Å²) in [5, 5.41) is 9.72. The van der Waals surface area contributed by atoms with E-state index in [4.69, 9.17) is 9.47 Å². The summed E-state index contributed by atoms with van der Waals surface area (Å²) in [5.41, 5.74) is 0. The van der Waals surface area contributed by atoms with Gasteiger partial charge in [0.05, 0.1) is 0 Å². The Kier molecular flexibility index (Phi) is 22.8. The van der Waals surface area contributed by atoms with Crippen LogP contribution in [-0.4, -0.2) is 61.4 Å². The molecule has 0 aliphatic rings. The summed E-state index contributed by atoms with van der Waals surface area (Å²) in [6, 6.07) is 0. The van der Waals surface area contributed by atoms with Crippen LogP contribution in [0.3, 0.4) is 0 Å². The van der Waals surface area contributed by atoms with Crippen molar-refractivity contribution >= 4 is 11.9 Å². The minimum Gasteiger partial charge on any atom is -0.463 e. The molecule has 0 radical (unpaired) electrons. The van der Waals surface area contributed by atoms with Gasteiger partial charge in [0.25, 0.3) is 0 Å². The number of likely N-dealkylation sites (N-methyl/N-ethyl adjacent to an activating group) is 1. The second-order valence-electron chi connectivity index (χ2n) is 10.0. The molecule has 6 heteroatoms. The molecule has 202 valence electrons. The fourth-order valence-electron chi connectivity index (χ4n) is 4.09. The highest BCUT2D eigenvalue weighted by Gasteiger charge is 2.14. The molecule has 2 unspecified atom stereocenters. The minimum atomic E-state index is -0.651. The van der Waals surface area contributed by atoms with Crippen LogP contribution in [-0.2, 0) is 19.1 Å². The Hall–Kier alpha value is -1.14. The fraction of sp³-hybridized carbons (Fsp3) is 0.929. The minimum absolute atomic E-state index is 0.0429. The van der Waals surface area contributed by atoms with Gasteiger partial charge in [0, 0.05) is 19.4 Å². The third-order valence-corrected chi connectivity index (χ3v) is 6.08. The number of hydrogen-bond donors (Lipinski definition) is 1. The Balaban J connectivity index is 3.96. The number of aliphatic hydroxyl groups excluding tert-OH is 1. The molecular formula is C28H55NO5. The zero-order chi connectivity index (χ0) is 25.4. The second-order valence-corrected chi connectivity index (χ2v) is 10.0. The number of unbranched alkanes of at least 4 members (excludes halogenated alkanes) is 11. The number of carbonyl (C=O) groups excluding carboxylic acids is 2. The number of aliphatic hydroxyl groups is 1. The van der Waals surface area contributed by atoms with E-state index in [1.165, 1.54) is 51.4 Å². The summed E-state index contributed by atoms with van der Waals surface area (Å²) in [6.45, 7) is 4.97. The molecule has 1 N–H and O–H groups in total. The highest BCUT2D eigenvalue weighted by atomic mass is 16.5. The summed E-state index contributed by atoms with van der Waals surface area (Å²) in [4.78, 5) is 26.0. The predicted molar refractivity (Wildman–Crippen MR) is 140 cm³/mol. The van der Waals surface area contributed by atoms with Gasteiger partial charge in [-0.05, 0) is 52.6 Å². The van der Waals surface area contributed by atoms with Gasteiger partial charge in [-0.2, -0.15) is 0 Å². The van der Waals surface area contributed by atoms with Crippen molar-refractivity contribution in [2.24, 2.45) is 0 Å². The largest absolute Gasteiger partial charge is 0.463 e. The van der Waals surface area contributed by atoms with Gasteiger partial charge in [0.2, 0.25) is 0 Å². The van der Waals surface area contributed by atoms with E-state index in [9.17, 15) is 14.7 Å². The van der Waals surface area contributed by atoms with E-state index >= 15 is 0 Å². The van der Waals surface area contributed by atoms with E-state index in [0.29, 0.717) is 19.4 Å². The van der Waals surface area contributed by atoms with Gasteiger partial charge in [-0.1, -0.05) is 78.1 Å². The van der Waals surface area contributed by atoms with Crippen molar-refractivity contribution in [3.05, 3.63) is 0 Å². The van der Waals surface area contributed by atoms with E-state index in [0.717, 1.165) is 51.4 Å². The molecule has 0 aromatic rings. The van der Waals surface area contributed by atoms with Crippen LogP contribution in [0.1, 0.15) is 129 Å². The van der Waals surface area contributed by atoms with Gasteiger partial charge in [-0.15, -0.1) is 0 Å². The number of nitrogens with zero attached hydrogens (tertiary/aromatic N) is 1. The number of rotatable bonds is 24. The van der Waals surface area contributed by atoms with E-state index in [-0.39, 0.29) is 24.6 Å². The van der Waals surface area contributed by atoms with E-state index < -0.39 is 6.10 Å². The molecule has 0 aromatic carbocycles. The standard InChI is InChI=1S/C28H55NO5/c1-5-7-9-11-12-16-20-26(19-15-10-8-6-2)34-28(32)22-18-14-13-17-21-27(31)33-24-25(30)23-29(3)4/h25-26,30H,5-24H2,1-4H3. The van der Waals surface area contributed by atoms with Crippen molar-refractivity contribution < 1.29 is 24.2 Å². The average molecular weight is 486 g/mol. The third kappa shape index (κ3) is 22.6. The molecule has 0 heterocycles. The molecule has 34 heavy (non-hydrogen) atoms. The molecule has 0 fully saturated rings. The Morgan fingerprint density at radius 1 is 0.706 bits per heavy atom. The lowest BCUT2D eigenvalue weighted by Crippen LogP contribution is -2.30. The number of ether oxygens (including phenoxy) is 2. The summed E-state index contributed by atoms with van der Waals surface area (Å²) < 4.78 is 11.0. The van der Waals surface area contributed by atoms with Crippen LogP contribution in [0.2, 0.25) is 0 Å². The first-order chi connectivity index (χ1) is 16.4. The maximum Gasteiger partial charge on any atom is 0.306 e. The quantitative estimate of drug-likeness (QED) is 0.125. The van der Waals surface area contributed by atoms with Crippen molar-refractivity contribution in [3.63, 3.8) is 0 Å². The average Bonchev–Trinajstić information content (AvgIpc) is 2.79. The summed E-state index contributed by atoms with van der Waals surface area (Å²) >= 11 is 0. The molecule has 0 amide bonds. The SMILES string of the molecule is CCCCCCCCC(CCCCCC)OC(=O)CCCCCCC(=O)OCC(O)CN(C)C. The molecule has 6 nitrogen and oxygen atoms in total. The van der Waals surface area contributed by atoms with Crippen molar-refractivity contribution in [1.82, 2.24) is 4.90 Å². The highest BCUT2D eigenvalue weighted by Crippen LogP contribution is 2.17. The molecule has 0 aliphatic heterocycles. The van der Waals surface area contributed by atoms with Gasteiger partial charge in [0.1, 0.15) is 18.8 Å². The molecule has 0 saturated heterocycles. The van der Waals surface area contributed by atoms with Crippen LogP contribution in [0, 0.1) is 0 Å². The maximum absolute atomic E-state index is 12.4. The van der Waals surface area contributed by atoms with Gasteiger partial charge in [-0.25, -0.2) is 0 Å². The maximum atomic E-state index is 12.4. The van der Waals surface area contributed by atoms with Crippen LogP contribution in [0.25, 0.3) is 0 Å². The smallest absolute Gasteiger partial charge is 0.306 e. The topological polar surface area (TPSA) is 76.1 Å². The Morgan fingerprint density at radius 3 is 1.74 bits per heavy atom. The zero-order valence-electron chi connectivity index (χ0n) is 22.8. The van der Waals surface area contributed by atoms with Gasteiger partial charge in [0.15, 0.2) is 0 Å². The van der Waals surface area contributed by atoms with Crippen molar-refractivity contribution in [2.75, 3.05) is 27.2 Å². The van der Waals surface area contributed by atoms with Crippen LogP contribution < -0.4 is 0 Å². The van der Waals surface area contributed by atoms with Crippen LogP contribution >= 0.6 is 0 Å². The molecule has 0 spiro atoms. The normalized spacial score (nSPS) is 13.1. The number of esters is 2. The lowest BCUT2D eigenvalue weighted by atomic mass is 10.0. The highest BCUT2D eigenvalue weighted by molar-refractivity contribution is 5.69. The van der Waals surface area contributed by atoms with Gasteiger partial charge in [-0.3, -0.25) is 9.59 Å². The fourth-order valence-corrected chi connectivity index (χ4v) is 4.09. The first-order valence-corrected chi connectivity index (χ1v) is 14.1. The summed E-state index contributed by atoms with van der Waals surface area (Å²) in [5.74, 6) is -0.335. The lowest BCUT2D eigenvalue weighted by Gasteiger charge is -2.18. The number of carbonyl (C=O) groups is 2. The zero-order valence-corrected chi connectivity index (χ0v) is 22.8. The van der Waals surface area contributed by atoms with Crippen LogP contribution in [0.5, 0.6) is 0 Å². The third-order valence-electron chi connectivity index (χ3n) is 6.08. The molecule has 0 bridgehead atoms. The first kappa shape index (κ1) is 32.9. The van der Waals surface area contributed by atoms with Gasteiger partial charge >= 0.3 is 11.9 Å². The first-order valence-electron chi connectivity index (χ1n) is 14.1. The molecule has 0 aliphatic carbocycles. The van der Waals surface area contributed by atoms with Gasteiger partial charge < -0.3 is 19.5 Å². The molecule has 0 rings (SSSR count). The molecular weight excluding hydrogens is 430 g/mol. The summed E-state index contributed by atoms with van der Waals surface area (Å²) in [7, 11) is 3.73. The predicted octanol–water partition coefficient (Wildman–Crippen LogP) is 6.43. The van der Waals surface area contributed by atoms with E-state index in [2.05, 4.69) is 13.8 Å². The molecule has 2 atom stereocenters. The van der Waals surface area contributed by atoms with E-state index in [1.807, 2.05) is 19.0 Å². The van der Waals surface area contributed by atoms with Crippen LogP contribution in [0.4, 0.5) is 0 Å². The Labute approximate surface area is 210 Å².